The Hall–Kier alpha value is -3.62. The number of nitrogens with zero attached hydrogens (tertiary/aromatic N) is 3. The SMILES string of the molecule is C=C1NC(=O)C(COC)=CN1C(C)C.COCn1cc(C(C)C)c(=O)[nH]c1=O.CSc1cn(C(C)C)c(=O)[nH]c1=O. The molecular weight excluding hydrogens is 552 g/mol. The van der Waals surface area contributed by atoms with E-state index in [9.17, 15) is 24.0 Å². The lowest BCUT2D eigenvalue weighted by atomic mass is 10.1. The lowest BCUT2D eigenvalue weighted by Crippen LogP contribution is -2.41. The number of ether oxygens (including phenoxy) is 2. The van der Waals surface area contributed by atoms with Crippen molar-refractivity contribution in [2.45, 2.75) is 71.2 Å². The summed E-state index contributed by atoms with van der Waals surface area (Å²) in [5.74, 6) is 0.570. The Balaban J connectivity index is 0.000000308. The summed E-state index contributed by atoms with van der Waals surface area (Å²) in [7, 11) is 3.06. The number of H-pyrrole nitrogens is 2. The Bertz CT molecular complexity index is 1450. The Morgan fingerprint density at radius 1 is 0.878 bits per heavy atom. The minimum absolute atomic E-state index is 0.0650. The van der Waals surface area contributed by atoms with E-state index in [1.54, 1.807) is 25.8 Å². The number of methoxy groups -OCH3 is 2. The first-order chi connectivity index (χ1) is 19.2. The molecule has 2 aromatic rings. The van der Waals surface area contributed by atoms with Gasteiger partial charge in [-0.15, -0.1) is 11.8 Å². The summed E-state index contributed by atoms with van der Waals surface area (Å²) in [6, 6.07) is 0.338. The molecule has 0 fully saturated rings. The van der Waals surface area contributed by atoms with Gasteiger partial charge in [-0.3, -0.25) is 33.5 Å². The summed E-state index contributed by atoms with van der Waals surface area (Å²) in [4.78, 5) is 63.4. The highest BCUT2D eigenvalue weighted by molar-refractivity contribution is 7.98. The van der Waals surface area contributed by atoms with E-state index in [0.29, 0.717) is 28.5 Å². The standard InChI is InChI=1S/C10H16N2O2.C9H14N2O3.C8H12N2O2S/c1-7(2)12-5-9(6-14-4)10(13)11-8(12)3;1-6(2)7-4-11(5-14-3)9(13)10-8(7)12;1-5(2)10-4-6(13-3)7(11)9-8(10)12/h5,7H,3,6H2,1-2,4H3,(H,11,13);4,6H,5H2,1-3H3,(H,10,12,13);4-5H,1-3H3,(H,9,11,12). The van der Waals surface area contributed by atoms with E-state index in [-0.39, 0.29) is 47.4 Å². The summed E-state index contributed by atoms with van der Waals surface area (Å²) >= 11 is 1.33. The summed E-state index contributed by atoms with van der Waals surface area (Å²) < 4.78 is 12.6. The van der Waals surface area contributed by atoms with E-state index in [1.165, 1.54) is 34.2 Å². The van der Waals surface area contributed by atoms with Crippen LogP contribution in [-0.4, -0.2) is 63.0 Å². The smallest absolute Gasteiger partial charge is 0.330 e. The highest BCUT2D eigenvalue weighted by atomic mass is 32.2. The molecule has 0 atom stereocenters. The van der Waals surface area contributed by atoms with Gasteiger partial charge in [0.15, 0.2) is 0 Å². The van der Waals surface area contributed by atoms with E-state index >= 15 is 0 Å². The summed E-state index contributed by atoms with van der Waals surface area (Å²) in [6.07, 6.45) is 6.72. The minimum atomic E-state index is -0.443. The van der Waals surface area contributed by atoms with Crippen LogP contribution in [0.25, 0.3) is 0 Å². The fraction of sp³-hybridized carbons (Fsp3) is 0.519. The van der Waals surface area contributed by atoms with Gasteiger partial charge in [-0.05, 0) is 39.9 Å². The van der Waals surface area contributed by atoms with Crippen LogP contribution in [0, 0.1) is 0 Å². The third kappa shape index (κ3) is 10.4. The summed E-state index contributed by atoms with van der Waals surface area (Å²) in [5, 5.41) is 2.69. The molecule has 13 nitrogen and oxygen atoms in total. The van der Waals surface area contributed by atoms with Gasteiger partial charge in [0.25, 0.3) is 17.0 Å². The molecule has 0 radical (unpaired) electrons. The van der Waals surface area contributed by atoms with Crippen LogP contribution >= 0.6 is 11.8 Å². The molecule has 14 heteroatoms. The van der Waals surface area contributed by atoms with Gasteiger partial charge in [0, 0.05) is 50.5 Å². The van der Waals surface area contributed by atoms with E-state index < -0.39 is 5.69 Å². The average Bonchev–Trinajstić information content (AvgIpc) is 2.87. The van der Waals surface area contributed by atoms with E-state index in [0.717, 1.165) is 0 Å². The van der Waals surface area contributed by atoms with Crippen LogP contribution in [0.3, 0.4) is 0 Å². The number of carbonyl (C=O) groups excluding carboxylic acids is 1. The number of thioether (sulfide) groups is 1. The lowest BCUT2D eigenvalue weighted by molar-refractivity contribution is -0.118. The van der Waals surface area contributed by atoms with Gasteiger partial charge in [0.1, 0.15) is 12.6 Å². The first-order valence-corrected chi connectivity index (χ1v) is 14.1. The van der Waals surface area contributed by atoms with Crippen molar-refractivity contribution in [3.63, 3.8) is 0 Å². The first-order valence-electron chi connectivity index (χ1n) is 12.9. The number of carbonyl (C=O) groups is 1. The molecule has 228 valence electrons. The predicted octanol–water partition coefficient (Wildman–Crippen LogP) is 1.93. The van der Waals surface area contributed by atoms with E-state index in [2.05, 4.69) is 21.9 Å². The van der Waals surface area contributed by atoms with Gasteiger partial charge < -0.3 is 19.7 Å². The molecule has 41 heavy (non-hydrogen) atoms. The van der Waals surface area contributed by atoms with Crippen molar-refractivity contribution >= 4 is 17.7 Å². The molecule has 1 amide bonds. The highest BCUT2D eigenvalue weighted by Crippen LogP contribution is 2.14. The van der Waals surface area contributed by atoms with Gasteiger partial charge in [-0.2, -0.15) is 0 Å². The maximum atomic E-state index is 11.4. The molecule has 0 unspecified atom stereocenters. The molecule has 1 aliphatic heterocycles. The van der Waals surface area contributed by atoms with Gasteiger partial charge in [-0.1, -0.05) is 20.4 Å². The van der Waals surface area contributed by atoms with E-state index in [1.807, 2.05) is 46.4 Å². The zero-order chi connectivity index (χ0) is 31.4. The van der Waals surface area contributed by atoms with Crippen molar-refractivity contribution in [3.05, 3.63) is 83.8 Å². The molecule has 0 spiro atoms. The Morgan fingerprint density at radius 3 is 1.98 bits per heavy atom. The highest BCUT2D eigenvalue weighted by Gasteiger charge is 2.21. The van der Waals surface area contributed by atoms with Crippen LogP contribution in [0.2, 0.25) is 0 Å². The van der Waals surface area contributed by atoms with Crippen molar-refractivity contribution in [1.82, 2.24) is 29.3 Å². The molecule has 2 aromatic heterocycles. The molecule has 0 saturated carbocycles. The van der Waals surface area contributed by atoms with Crippen molar-refractivity contribution in [1.29, 1.82) is 0 Å². The molecule has 1 aliphatic rings. The lowest BCUT2D eigenvalue weighted by Gasteiger charge is -2.31. The molecule has 0 aromatic carbocycles. The number of hydrogen-bond donors (Lipinski definition) is 3. The second-order valence-electron chi connectivity index (χ2n) is 9.83. The van der Waals surface area contributed by atoms with Gasteiger partial charge >= 0.3 is 11.4 Å². The van der Waals surface area contributed by atoms with Gasteiger partial charge in [-0.25, -0.2) is 9.59 Å². The van der Waals surface area contributed by atoms with Crippen LogP contribution in [0.4, 0.5) is 0 Å². The zero-order valence-corrected chi connectivity index (χ0v) is 26.0. The van der Waals surface area contributed by atoms with Crippen molar-refractivity contribution in [2.75, 3.05) is 27.1 Å². The normalized spacial score (nSPS) is 13.0. The Labute approximate surface area is 243 Å². The number of hydrogen-bond acceptors (Lipinski definition) is 9. The topological polar surface area (TPSA) is 161 Å². The largest absolute Gasteiger partial charge is 0.380 e. The van der Waals surface area contributed by atoms with Crippen LogP contribution < -0.4 is 27.8 Å². The maximum absolute atomic E-state index is 11.4. The van der Waals surface area contributed by atoms with Crippen LogP contribution in [0.15, 0.2) is 60.6 Å². The molecule has 3 N–H and O–H groups in total. The molecule has 3 heterocycles. The second-order valence-corrected chi connectivity index (χ2v) is 10.7. The predicted molar refractivity (Wildman–Crippen MR) is 160 cm³/mol. The fourth-order valence-electron chi connectivity index (χ4n) is 3.47. The Morgan fingerprint density at radius 2 is 1.49 bits per heavy atom. The van der Waals surface area contributed by atoms with Crippen molar-refractivity contribution < 1.29 is 14.3 Å². The third-order valence-electron chi connectivity index (χ3n) is 5.65. The molecule has 0 aliphatic carbocycles. The van der Waals surface area contributed by atoms with Gasteiger partial charge in [0.2, 0.25) is 0 Å². The first kappa shape index (κ1) is 35.4. The van der Waals surface area contributed by atoms with Crippen LogP contribution in [-0.2, 0) is 21.0 Å². The molecular formula is C27H42N6O7S. The Kier molecular flexibility index (Phi) is 14.3. The number of amides is 1. The monoisotopic (exact) mass is 594 g/mol. The average molecular weight is 595 g/mol. The number of aromatic amines is 2. The minimum Gasteiger partial charge on any atom is -0.380 e. The van der Waals surface area contributed by atoms with E-state index in [4.69, 9.17) is 9.47 Å². The molecule has 0 saturated heterocycles. The summed E-state index contributed by atoms with van der Waals surface area (Å²) in [5.41, 5.74) is -0.221. The van der Waals surface area contributed by atoms with Crippen LogP contribution in [0.5, 0.6) is 0 Å². The fourth-order valence-corrected chi connectivity index (χ4v) is 3.92. The number of rotatable bonds is 8. The van der Waals surface area contributed by atoms with Crippen molar-refractivity contribution in [2.24, 2.45) is 0 Å². The number of aromatic nitrogens is 4. The third-order valence-corrected chi connectivity index (χ3v) is 6.38. The van der Waals surface area contributed by atoms with Gasteiger partial charge in [0.05, 0.1) is 17.1 Å². The second kappa shape index (κ2) is 16.6. The summed E-state index contributed by atoms with van der Waals surface area (Å²) in [6.45, 7) is 15.9. The maximum Gasteiger partial charge on any atom is 0.330 e. The molecule has 0 bridgehead atoms. The molecule has 3 rings (SSSR count). The quantitative estimate of drug-likeness (QED) is 0.388. The van der Waals surface area contributed by atoms with Crippen LogP contribution in [0.1, 0.15) is 59.1 Å². The van der Waals surface area contributed by atoms with Crippen molar-refractivity contribution in [3.8, 4) is 0 Å². The zero-order valence-electron chi connectivity index (χ0n) is 25.2. The number of nitrogens with one attached hydrogen (secondary N) is 3.